The second kappa shape index (κ2) is 4.96. The molecule has 0 spiro atoms. The van der Waals surface area contributed by atoms with Crippen molar-refractivity contribution in [3.05, 3.63) is 34.9 Å². The Labute approximate surface area is 91.3 Å². The fourth-order valence-electron chi connectivity index (χ4n) is 1.50. The molecule has 0 aliphatic carbocycles. The summed E-state index contributed by atoms with van der Waals surface area (Å²) < 4.78 is 5.10. The summed E-state index contributed by atoms with van der Waals surface area (Å²) in [7, 11) is 0. The number of carbonyl (C=O) groups excluding carboxylic acids is 1. The van der Waals surface area contributed by atoms with Crippen molar-refractivity contribution in [2.75, 3.05) is 0 Å². The predicted molar refractivity (Wildman–Crippen MR) is 60.8 cm³/mol. The summed E-state index contributed by atoms with van der Waals surface area (Å²) >= 11 is 0. The van der Waals surface area contributed by atoms with Crippen molar-refractivity contribution in [3.8, 4) is 0 Å². The van der Waals surface area contributed by atoms with Crippen molar-refractivity contribution >= 4 is 5.97 Å². The Bertz CT molecular complexity index is 354. The van der Waals surface area contributed by atoms with Gasteiger partial charge in [-0.3, -0.25) is 4.79 Å². The van der Waals surface area contributed by atoms with Crippen LogP contribution in [0.1, 0.15) is 30.5 Å². The fourth-order valence-corrected chi connectivity index (χ4v) is 1.50. The third-order valence-corrected chi connectivity index (χ3v) is 2.20. The van der Waals surface area contributed by atoms with Crippen LogP contribution in [0.4, 0.5) is 0 Å². The molecular formula is C13H18O2. The highest BCUT2D eigenvalue weighted by Gasteiger charge is 2.08. The van der Waals surface area contributed by atoms with E-state index in [0.29, 0.717) is 6.42 Å². The molecule has 0 bridgehead atoms. The number of rotatable bonds is 3. The van der Waals surface area contributed by atoms with E-state index in [-0.39, 0.29) is 12.1 Å². The maximum Gasteiger partial charge on any atom is 0.310 e. The smallest absolute Gasteiger partial charge is 0.310 e. The van der Waals surface area contributed by atoms with Gasteiger partial charge in [0.1, 0.15) is 0 Å². The summed E-state index contributed by atoms with van der Waals surface area (Å²) in [5.41, 5.74) is 3.41. The Morgan fingerprint density at radius 1 is 1.33 bits per heavy atom. The number of hydrogen-bond donors (Lipinski definition) is 0. The van der Waals surface area contributed by atoms with E-state index in [1.165, 1.54) is 5.56 Å². The molecule has 1 aromatic carbocycles. The Morgan fingerprint density at radius 2 is 2.00 bits per heavy atom. The average molecular weight is 206 g/mol. The van der Waals surface area contributed by atoms with Crippen LogP contribution in [0, 0.1) is 13.8 Å². The Kier molecular flexibility index (Phi) is 3.89. The Morgan fingerprint density at radius 3 is 2.53 bits per heavy atom. The zero-order valence-electron chi connectivity index (χ0n) is 9.83. The minimum absolute atomic E-state index is 0.0387. The molecule has 0 saturated heterocycles. The van der Waals surface area contributed by atoms with Gasteiger partial charge in [0.2, 0.25) is 0 Å². The molecule has 82 valence electrons. The van der Waals surface area contributed by atoms with E-state index in [0.717, 1.165) is 11.1 Å². The molecule has 0 amide bonds. The van der Waals surface area contributed by atoms with E-state index in [1.54, 1.807) is 0 Å². The molecule has 0 atom stereocenters. The fraction of sp³-hybridized carbons (Fsp3) is 0.462. The lowest BCUT2D eigenvalue weighted by Gasteiger charge is -2.09. The second-order valence-corrected chi connectivity index (χ2v) is 4.15. The maximum atomic E-state index is 11.4. The molecule has 2 nitrogen and oxygen atoms in total. The molecule has 1 aromatic rings. The van der Waals surface area contributed by atoms with Crippen molar-refractivity contribution < 1.29 is 9.53 Å². The molecule has 1 rings (SSSR count). The van der Waals surface area contributed by atoms with Gasteiger partial charge < -0.3 is 4.74 Å². The summed E-state index contributed by atoms with van der Waals surface area (Å²) in [5.74, 6) is -0.156. The molecule has 0 saturated carbocycles. The summed E-state index contributed by atoms with van der Waals surface area (Å²) in [6, 6.07) is 6.09. The van der Waals surface area contributed by atoms with Gasteiger partial charge in [-0.05, 0) is 38.8 Å². The second-order valence-electron chi connectivity index (χ2n) is 4.15. The van der Waals surface area contributed by atoms with Gasteiger partial charge in [0.25, 0.3) is 0 Å². The van der Waals surface area contributed by atoms with E-state index in [1.807, 2.05) is 39.8 Å². The van der Waals surface area contributed by atoms with Crippen LogP contribution in [0.25, 0.3) is 0 Å². The quantitative estimate of drug-likeness (QED) is 0.711. The number of hydrogen-bond acceptors (Lipinski definition) is 2. The summed E-state index contributed by atoms with van der Waals surface area (Å²) in [5, 5.41) is 0. The van der Waals surface area contributed by atoms with Gasteiger partial charge in [-0.2, -0.15) is 0 Å². The Hall–Kier alpha value is -1.31. The van der Waals surface area contributed by atoms with Crippen LogP contribution >= 0.6 is 0 Å². The van der Waals surface area contributed by atoms with E-state index in [2.05, 4.69) is 6.07 Å². The summed E-state index contributed by atoms with van der Waals surface area (Å²) in [6.07, 6.45) is 0.327. The highest BCUT2D eigenvalue weighted by atomic mass is 16.5. The van der Waals surface area contributed by atoms with Crippen molar-refractivity contribution in [2.24, 2.45) is 0 Å². The number of ether oxygens (including phenoxy) is 1. The summed E-state index contributed by atoms with van der Waals surface area (Å²) in [4.78, 5) is 11.4. The van der Waals surface area contributed by atoms with Crippen LogP contribution < -0.4 is 0 Å². The van der Waals surface area contributed by atoms with Crippen LogP contribution in [-0.4, -0.2) is 12.1 Å². The zero-order valence-corrected chi connectivity index (χ0v) is 9.83. The first-order valence-corrected chi connectivity index (χ1v) is 5.24. The van der Waals surface area contributed by atoms with Crippen LogP contribution in [0.15, 0.2) is 18.2 Å². The first-order chi connectivity index (χ1) is 6.99. The van der Waals surface area contributed by atoms with Gasteiger partial charge in [-0.15, -0.1) is 0 Å². The molecular weight excluding hydrogens is 188 g/mol. The lowest BCUT2D eigenvalue weighted by atomic mass is 10.0. The highest BCUT2D eigenvalue weighted by Crippen LogP contribution is 2.12. The average Bonchev–Trinajstić information content (AvgIpc) is 2.08. The predicted octanol–water partition coefficient (Wildman–Crippen LogP) is 2.80. The molecule has 0 aromatic heterocycles. The molecule has 0 unspecified atom stereocenters. The third-order valence-electron chi connectivity index (χ3n) is 2.20. The van der Waals surface area contributed by atoms with Crippen molar-refractivity contribution in [3.63, 3.8) is 0 Å². The lowest BCUT2D eigenvalue weighted by Crippen LogP contribution is -2.14. The van der Waals surface area contributed by atoms with Gasteiger partial charge in [-0.25, -0.2) is 0 Å². The van der Waals surface area contributed by atoms with Crippen molar-refractivity contribution in [1.29, 1.82) is 0 Å². The molecule has 0 heterocycles. The van der Waals surface area contributed by atoms with Crippen LogP contribution in [0.3, 0.4) is 0 Å². The first kappa shape index (κ1) is 11.8. The molecule has 0 N–H and O–H groups in total. The topological polar surface area (TPSA) is 26.3 Å². The largest absolute Gasteiger partial charge is 0.463 e. The number of aryl methyl sites for hydroxylation is 2. The van der Waals surface area contributed by atoms with Crippen LogP contribution in [0.2, 0.25) is 0 Å². The number of carbonyl (C=O) groups is 1. The van der Waals surface area contributed by atoms with Gasteiger partial charge in [-0.1, -0.05) is 23.8 Å². The third kappa shape index (κ3) is 3.74. The monoisotopic (exact) mass is 206 g/mol. The van der Waals surface area contributed by atoms with Gasteiger partial charge in [0.15, 0.2) is 0 Å². The number of benzene rings is 1. The standard InChI is InChI=1S/C13H18O2/c1-9(2)15-13(14)8-12-6-5-10(3)7-11(12)4/h5-7,9H,8H2,1-4H3. The molecule has 0 radical (unpaired) electrons. The number of esters is 1. The lowest BCUT2D eigenvalue weighted by molar-refractivity contribution is -0.146. The van der Waals surface area contributed by atoms with Crippen molar-refractivity contribution in [2.45, 2.75) is 40.2 Å². The minimum Gasteiger partial charge on any atom is -0.463 e. The van der Waals surface area contributed by atoms with E-state index < -0.39 is 0 Å². The highest BCUT2D eigenvalue weighted by molar-refractivity contribution is 5.73. The van der Waals surface area contributed by atoms with Gasteiger partial charge in [0.05, 0.1) is 12.5 Å². The van der Waals surface area contributed by atoms with Gasteiger partial charge in [0, 0.05) is 0 Å². The first-order valence-electron chi connectivity index (χ1n) is 5.24. The Balaban J connectivity index is 2.68. The van der Waals surface area contributed by atoms with E-state index in [9.17, 15) is 4.79 Å². The molecule has 0 aliphatic rings. The maximum absolute atomic E-state index is 11.4. The molecule has 0 fully saturated rings. The molecule has 2 heteroatoms. The zero-order chi connectivity index (χ0) is 11.4. The molecule has 0 aliphatic heterocycles. The SMILES string of the molecule is Cc1ccc(CC(=O)OC(C)C)c(C)c1. The van der Waals surface area contributed by atoms with E-state index in [4.69, 9.17) is 4.74 Å². The minimum atomic E-state index is -0.156. The van der Waals surface area contributed by atoms with Crippen LogP contribution in [-0.2, 0) is 16.0 Å². The van der Waals surface area contributed by atoms with Crippen LogP contribution in [0.5, 0.6) is 0 Å². The van der Waals surface area contributed by atoms with Crippen molar-refractivity contribution in [1.82, 2.24) is 0 Å². The van der Waals surface area contributed by atoms with E-state index >= 15 is 0 Å². The molecule has 15 heavy (non-hydrogen) atoms. The normalized spacial score (nSPS) is 10.5. The van der Waals surface area contributed by atoms with Gasteiger partial charge >= 0.3 is 5.97 Å². The summed E-state index contributed by atoms with van der Waals surface area (Å²) in [6.45, 7) is 7.79.